The van der Waals surface area contributed by atoms with E-state index in [1.807, 2.05) is 6.07 Å². The number of hydrogen-bond acceptors (Lipinski definition) is 4. The Labute approximate surface area is 108 Å². The number of rotatable bonds is 5. The van der Waals surface area contributed by atoms with Gasteiger partial charge >= 0.3 is 0 Å². The Kier molecular flexibility index (Phi) is 4.44. The summed E-state index contributed by atoms with van der Waals surface area (Å²) in [6.45, 7) is 3.60. The molecular formula is C14H21NO3. The first-order chi connectivity index (χ1) is 8.70. The molecular weight excluding hydrogens is 230 g/mol. The Morgan fingerprint density at radius 3 is 3.06 bits per heavy atom. The lowest BCUT2D eigenvalue weighted by atomic mass is 10.1. The van der Waals surface area contributed by atoms with Crippen molar-refractivity contribution in [2.24, 2.45) is 0 Å². The maximum atomic E-state index is 9.78. The SMILES string of the molecule is COc1ccc(O)c(CNC(C)C2CCCO2)c1. The number of nitrogens with one attached hydrogen (secondary N) is 1. The Morgan fingerprint density at radius 1 is 1.56 bits per heavy atom. The highest BCUT2D eigenvalue weighted by atomic mass is 16.5. The summed E-state index contributed by atoms with van der Waals surface area (Å²) in [7, 11) is 1.62. The highest BCUT2D eigenvalue weighted by molar-refractivity contribution is 5.39. The summed E-state index contributed by atoms with van der Waals surface area (Å²) in [6.07, 6.45) is 2.54. The van der Waals surface area contributed by atoms with Gasteiger partial charge in [-0.05, 0) is 38.0 Å². The van der Waals surface area contributed by atoms with Gasteiger partial charge in [0.2, 0.25) is 0 Å². The van der Waals surface area contributed by atoms with Crippen LogP contribution in [0.2, 0.25) is 0 Å². The first-order valence-corrected chi connectivity index (χ1v) is 6.41. The van der Waals surface area contributed by atoms with Crippen LogP contribution in [0.15, 0.2) is 18.2 Å². The quantitative estimate of drug-likeness (QED) is 0.841. The van der Waals surface area contributed by atoms with Crippen molar-refractivity contribution in [3.8, 4) is 11.5 Å². The average Bonchev–Trinajstić information content (AvgIpc) is 2.91. The van der Waals surface area contributed by atoms with E-state index in [1.165, 1.54) is 0 Å². The molecule has 0 radical (unpaired) electrons. The van der Waals surface area contributed by atoms with Crippen LogP contribution in [0, 0.1) is 0 Å². The standard InChI is InChI=1S/C14H21NO3/c1-10(14-4-3-7-18-14)15-9-11-8-12(17-2)5-6-13(11)16/h5-6,8,10,14-16H,3-4,7,9H2,1-2H3. The normalized spacial score (nSPS) is 20.9. The predicted molar refractivity (Wildman–Crippen MR) is 69.9 cm³/mol. The molecule has 2 atom stereocenters. The van der Waals surface area contributed by atoms with Gasteiger partial charge in [-0.15, -0.1) is 0 Å². The molecule has 0 aromatic heterocycles. The second kappa shape index (κ2) is 6.07. The lowest BCUT2D eigenvalue weighted by Gasteiger charge is -2.20. The molecule has 2 unspecified atom stereocenters. The molecule has 1 heterocycles. The fraction of sp³-hybridized carbons (Fsp3) is 0.571. The summed E-state index contributed by atoms with van der Waals surface area (Å²) in [4.78, 5) is 0. The molecule has 2 rings (SSSR count). The Bertz CT molecular complexity index is 389. The fourth-order valence-electron chi connectivity index (χ4n) is 2.23. The van der Waals surface area contributed by atoms with E-state index >= 15 is 0 Å². The van der Waals surface area contributed by atoms with Crippen LogP contribution >= 0.6 is 0 Å². The molecule has 18 heavy (non-hydrogen) atoms. The first kappa shape index (κ1) is 13.2. The maximum absolute atomic E-state index is 9.78. The number of methoxy groups -OCH3 is 1. The van der Waals surface area contributed by atoms with Gasteiger partial charge in [-0.25, -0.2) is 0 Å². The minimum atomic E-state index is 0.290. The monoisotopic (exact) mass is 251 g/mol. The van der Waals surface area contributed by atoms with Crippen LogP contribution in [-0.4, -0.2) is 31.0 Å². The van der Waals surface area contributed by atoms with Gasteiger partial charge in [0.15, 0.2) is 0 Å². The van der Waals surface area contributed by atoms with Gasteiger partial charge in [0.05, 0.1) is 13.2 Å². The van der Waals surface area contributed by atoms with Crippen molar-refractivity contribution in [3.05, 3.63) is 23.8 Å². The molecule has 4 nitrogen and oxygen atoms in total. The van der Waals surface area contributed by atoms with Gasteiger partial charge in [0, 0.05) is 24.8 Å². The van der Waals surface area contributed by atoms with Crippen LogP contribution in [0.25, 0.3) is 0 Å². The van der Waals surface area contributed by atoms with E-state index < -0.39 is 0 Å². The van der Waals surface area contributed by atoms with Crippen molar-refractivity contribution in [2.45, 2.75) is 38.5 Å². The summed E-state index contributed by atoms with van der Waals surface area (Å²) in [6, 6.07) is 5.55. The minimum absolute atomic E-state index is 0.290. The highest BCUT2D eigenvalue weighted by Gasteiger charge is 2.21. The lowest BCUT2D eigenvalue weighted by molar-refractivity contribution is 0.0831. The molecule has 100 valence electrons. The molecule has 1 saturated heterocycles. The van der Waals surface area contributed by atoms with E-state index in [-0.39, 0.29) is 12.1 Å². The van der Waals surface area contributed by atoms with Crippen molar-refractivity contribution in [1.82, 2.24) is 5.32 Å². The number of phenolic OH excluding ortho intramolecular Hbond substituents is 1. The summed E-state index contributed by atoms with van der Waals surface area (Å²) in [5.41, 5.74) is 0.846. The number of hydrogen-bond donors (Lipinski definition) is 2. The summed E-state index contributed by atoms with van der Waals surface area (Å²) >= 11 is 0. The smallest absolute Gasteiger partial charge is 0.120 e. The van der Waals surface area contributed by atoms with Gasteiger partial charge in [-0.2, -0.15) is 0 Å². The number of benzene rings is 1. The van der Waals surface area contributed by atoms with Crippen LogP contribution < -0.4 is 10.1 Å². The molecule has 0 amide bonds. The first-order valence-electron chi connectivity index (χ1n) is 6.41. The highest BCUT2D eigenvalue weighted by Crippen LogP contribution is 2.23. The summed E-state index contributed by atoms with van der Waals surface area (Å²) in [5, 5.41) is 13.2. The van der Waals surface area contributed by atoms with Crippen molar-refractivity contribution in [2.75, 3.05) is 13.7 Å². The van der Waals surface area contributed by atoms with E-state index in [4.69, 9.17) is 9.47 Å². The topological polar surface area (TPSA) is 50.7 Å². The van der Waals surface area contributed by atoms with Gasteiger partial charge in [0.25, 0.3) is 0 Å². The number of ether oxygens (including phenoxy) is 2. The Hall–Kier alpha value is -1.26. The predicted octanol–water partition coefficient (Wildman–Crippen LogP) is 2.06. The lowest BCUT2D eigenvalue weighted by Crippen LogP contribution is -2.36. The Morgan fingerprint density at radius 2 is 2.39 bits per heavy atom. The number of aromatic hydroxyl groups is 1. The van der Waals surface area contributed by atoms with Crippen LogP contribution in [-0.2, 0) is 11.3 Å². The van der Waals surface area contributed by atoms with Gasteiger partial charge in [-0.1, -0.05) is 0 Å². The molecule has 0 aliphatic carbocycles. The average molecular weight is 251 g/mol. The van der Waals surface area contributed by atoms with Crippen LogP contribution in [0.1, 0.15) is 25.3 Å². The van der Waals surface area contributed by atoms with Crippen molar-refractivity contribution in [1.29, 1.82) is 0 Å². The largest absolute Gasteiger partial charge is 0.508 e. The van der Waals surface area contributed by atoms with E-state index in [0.717, 1.165) is 30.8 Å². The van der Waals surface area contributed by atoms with Gasteiger partial charge in [0.1, 0.15) is 11.5 Å². The maximum Gasteiger partial charge on any atom is 0.120 e. The zero-order valence-electron chi connectivity index (χ0n) is 11.0. The summed E-state index contributed by atoms with van der Waals surface area (Å²) < 4.78 is 10.8. The van der Waals surface area contributed by atoms with Gasteiger partial charge < -0.3 is 19.9 Å². The van der Waals surface area contributed by atoms with E-state index in [2.05, 4.69) is 12.2 Å². The van der Waals surface area contributed by atoms with Gasteiger partial charge in [-0.3, -0.25) is 0 Å². The van der Waals surface area contributed by atoms with E-state index in [9.17, 15) is 5.11 Å². The minimum Gasteiger partial charge on any atom is -0.508 e. The molecule has 1 aromatic rings. The molecule has 1 aromatic carbocycles. The van der Waals surface area contributed by atoms with Crippen LogP contribution in [0.5, 0.6) is 11.5 Å². The fourth-order valence-corrected chi connectivity index (χ4v) is 2.23. The van der Waals surface area contributed by atoms with Crippen LogP contribution in [0.3, 0.4) is 0 Å². The van der Waals surface area contributed by atoms with Crippen molar-refractivity contribution < 1.29 is 14.6 Å². The molecule has 0 bridgehead atoms. The third-order valence-electron chi connectivity index (χ3n) is 3.42. The Balaban J connectivity index is 1.92. The van der Waals surface area contributed by atoms with Crippen molar-refractivity contribution in [3.63, 3.8) is 0 Å². The number of phenols is 1. The second-order valence-corrected chi connectivity index (χ2v) is 4.72. The van der Waals surface area contributed by atoms with E-state index in [0.29, 0.717) is 12.3 Å². The molecule has 1 aliphatic heterocycles. The zero-order chi connectivity index (χ0) is 13.0. The second-order valence-electron chi connectivity index (χ2n) is 4.72. The molecule has 2 N–H and O–H groups in total. The molecule has 1 aliphatic rings. The third kappa shape index (κ3) is 3.15. The third-order valence-corrected chi connectivity index (χ3v) is 3.42. The van der Waals surface area contributed by atoms with Crippen LogP contribution in [0.4, 0.5) is 0 Å². The summed E-state index contributed by atoms with van der Waals surface area (Å²) in [5.74, 6) is 1.05. The van der Waals surface area contributed by atoms with E-state index in [1.54, 1.807) is 19.2 Å². The molecule has 4 heteroatoms. The molecule has 0 spiro atoms. The molecule has 1 fully saturated rings. The van der Waals surface area contributed by atoms with Crippen molar-refractivity contribution >= 4 is 0 Å². The zero-order valence-corrected chi connectivity index (χ0v) is 11.0. The molecule has 0 saturated carbocycles.